The van der Waals surface area contributed by atoms with Crippen LogP contribution in [0.25, 0.3) is 6.08 Å². The predicted octanol–water partition coefficient (Wildman–Crippen LogP) is 3.79. The van der Waals surface area contributed by atoms with Crippen molar-refractivity contribution in [3.05, 3.63) is 89.8 Å². The zero-order valence-electron chi connectivity index (χ0n) is 16.6. The Morgan fingerprint density at radius 2 is 1.90 bits per heavy atom. The summed E-state index contributed by atoms with van der Waals surface area (Å²) < 4.78 is 6.70. The summed E-state index contributed by atoms with van der Waals surface area (Å²) in [6, 6.07) is 16.1. The average Bonchev–Trinajstić information content (AvgIpc) is 3.23. The van der Waals surface area contributed by atoms with Crippen molar-refractivity contribution in [1.82, 2.24) is 9.78 Å². The van der Waals surface area contributed by atoms with E-state index in [9.17, 15) is 14.7 Å². The Kier molecular flexibility index (Phi) is 5.53. The summed E-state index contributed by atoms with van der Waals surface area (Å²) in [4.78, 5) is 24.5. The molecule has 1 amide bonds. The number of aromatic nitrogens is 2. The van der Waals surface area contributed by atoms with Crippen LogP contribution in [0.4, 0.5) is 11.5 Å². The predicted molar refractivity (Wildman–Crippen MR) is 117 cm³/mol. The van der Waals surface area contributed by atoms with Gasteiger partial charge in [0.1, 0.15) is 22.8 Å². The summed E-state index contributed by atoms with van der Waals surface area (Å²) in [5, 5.41) is 19.4. The first-order valence-corrected chi connectivity index (χ1v) is 9.53. The first kappa shape index (κ1) is 20.0. The molecular formula is C23H20N4O4. The number of allylic oxidation sites excluding steroid dienone is 2. The van der Waals surface area contributed by atoms with Crippen molar-refractivity contribution in [3.63, 3.8) is 0 Å². The Morgan fingerprint density at radius 1 is 1.16 bits per heavy atom. The van der Waals surface area contributed by atoms with Crippen molar-refractivity contribution in [1.29, 1.82) is 0 Å². The van der Waals surface area contributed by atoms with E-state index in [1.54, 1.807) is 42.1 Å². The summed E-state index contributed by atoms with van der Waals surface area (Å²) in [5.41, 5.74) is 1.77. The van der Waals surface area contributed by atoms with Gasteiger partial charge in [0.15, 0.2) is 0 Å². The van der Waals surface area contributed by atoms with E-state index < -0.39 is 17.9 Å². The number of benzene rings is 2. The minimum absolute atomic E-state index is 0.0193. The number of fused-ring (bicyclic) bond motifs is 1. The van der Waals surface area contributed by atoms with Gasteiger partial charge in [-0.25, -0.2) is 9.48 Å². The van der Waals surface area contributed by atoms with Crippen molar-refractivity contribution in [3.8, 4) is 5.75 Å². The SMILES string of the molecule is COc1ccc(NC(=O)c2cnn3c2NC(C(=O)O)=C[C@@H]3/C=C/c2ccccc2)cc1. The maximum absolute atomic E-state index is 12.8. The second kappa shape index (κ2) is 8.58. The van der Waals surface area contributed by atoms with Crippen LogP contribution in [0.5, 0.6) is 5.75 Å². The lowest BCUT2D eigenvalue weighted by molar-refractivity contribution is -0.132. The molecule has 1 aromatic heterocycles. The van der Waals surface area contributed by atoms with E-state index in [1.807, 2.05) is 42.5 Å². The number of aliphatic carboxylic acids is 1. The fourth-order valence-electron chi connectivity index (χ4n) is 3.20. The number of carbonyl (C=O) groups is 2. The van der Waals surface area contributed by atoms with Crippen LogP contribution in [-0.2, 0) is 4.79 Å². The van der Waals surface area contributed by atoms with Crippen molar-refractivity contribution < 1.29 is 19.4 Å². The normalized spacial score (nSPS) is 15.0. The van der Waals surface area contributed by atoms with Crippen LogP contribution >= 0.6 is 0 Å². The molecule has 156 valence electrons. The second-order valence-electron chi connectivity index (χ2n) is 6.80. The third-order valence-electron chi connectivity index (χ3n) is 4.78. The van der Waals surface area contributed by atoms with Crippen LogP contribution < -0.4 is 15.4 Å². The number of carbonyl (C=O) groups excluding carboxylic acids is 1. The van der Waals surface area contributed by atoms with Gasteiger partial charge in [0, 0.05) is 5.69 Å². The van der Waals surface area contributed by atoms with Crippen molar-refractivity contribution in [2.45, 2.75) is 6.04 Å². The Bertz CT molecular complexity index is 1160. The number of nitrogens with one attached hydrogen (secondary N) is 2. The number of anilines is 2. The molecule has 31 heavy (non-hydrogen) atoms. The van der Waals surface area contributed by atoms with E-state index in [1.165, 1.54) is 6.20 Å². The largest absolute Gasteiger partial charge is 0.497 e. The number of ether oxygens (including phenoxy) is 1. The van der Waals surface area contributed by atoms with Gasteiger partial charge in [0.25, 0.3) is 5.91 Å². The van der Waals surface area contributed by atoms with Gasteiger partial charge in [-0.05, 0) is 35.9 Å². The van der Waals surface area contributed by atoms with E-state index in [-0.39, 0.29) is 11.3 Å². The molecule has 8 heteroatoms. The highest BCUT2D eigenvalue weighted by atomic mass is 16.5. The zero-order valence-corrected chi connectivity index (χ0v) is 16.6. The third-order valence-corrected chi connectivity index (χ3v) is 4.78. The Morgan fingerprint density at radius 3 is 2.58 bits per heavy atom. The number of hydrogen-bond donors (Lipinski definition) is 3. The molecule has 0 saturated heterocycles. The highest BCUT2D eigenvalue weighted by Crippen LogP contribution is 2.30. The first-order chi connectivity index (χ1) is 15.0. The Hall–Kier alpha value is -4.33. The van der Waals surface area contributed by atoms with Crippen molar-refractivity contribution in [2.75, 3.05) is 17.7 Å². The molecule has 3 aromatic rings. The quantitative estimate of drug-likeness (QED) is 0.565. The molecule has 1 aliphatic heterocycles. The molecule has 1 atom stereocenters. The van der Waals surface area contributed by atoms with Crippen LogP contribution in [0.15, 0.2) is 78.6 Å². The number of methoxy groups -OCH3 is 1. The molecular weight excluding hydrogens is 396 g/mol. The van der Waals surface area contributed by atoms with E-state index in [4.69, 9.17) is 4.74 Å². The second-order valence-corrected chi connectivity index (χ2v) is 6.80. The lowest BCUT2D eigenvalue weighted by atomic mass is 10.1. The molecule has 2 heterocycles. The zero-order chi connectivity index (χ0) is 21.8. The number of rotatable bonds is 6. The van der Waals surface area contributed by atoms with Crippen LogP contribution in [0.3, 0.4) is 0 Å². The molecule has 0 aliphatic carbocycles. The molecule has 8 nitrogen and oxygen atoms in total. The maximum atomic E-state index is 12.8. The highest BCUT2D eigenvalue weighted by molar-refractivity contribution is 6.08. The van der Waals surface area contributed by atoms with Gasteiger partial charge < -0.3 is 20.5 Å². The van der Waals surface area contributed by atoms with Crippen LogP contribution in [0, 0.1) is 0 Å². The summed E-state index contributed by atoms with van der Waals surface area (Å²) >= 11 is 0. The number of amides is 1. The molecule has 2 aromatic carbocycles. The topological polar surface area (TPSA) is 105 Å². The van der Waals surface area contributed by atoms with Gasteiger partial charge in [-0.3, -0.25) is 4.79 Å². The van der Waals surface area contributed by atoms with Gasteiger partial charge in [-0.2, -0.15) is 5.10 Å². The number of hydrogen-bond acceptors (Lipinski definition) is 5. The van der Waals surface area contributed by atoms with Crippen LogP contribution in [-0.4, -0.2) is 33.9 Å². The lowest BCUT2D eigenvalue weighted by Gasteiger charge is -2.22. The molecule has 3 N–H and O–H groups in total. The molecule has 0 fully saturated rings. The standard InChI is InChI=1S/C23H20N4O4/c1-31-18-11-8-16(9-12-18)25-22(28)19-14-24-27-17(10-7-15-5-3-2-4-6-15)13-20(23(29)30)26-21(19)27/h2-14,17,26H,1H3,(H,25,28)(H,29,30)/b10-7+/t17-/m0/s1. The molecule has 1 aliphatic rings. The Labute approximate surface area is 178 Å². The van der Waals surface area contributed by atoms with E-state index in [0.29, 0.717) is 17.3 Å². The molecule has 0 saturated carbocycles. The summed E-state index contributed by atoms with van der Waals surface area (Å²) in [7, 11) is 1.56. The monoisotopic (exact) mass is 416 g/mol. The smallest absolute Gasteiger partial charge is 0.352 e. The Balaban J connectivity index is 1.62. The highest BCUT2D eigenvalue weighted by Gasteiger charge is 2.27. The minimum Gasteiger partial charge on any atom is -0.497 e. The van der Waals surface area contributed by atoms with Gasteiger partial charge in [-0.15, -0.1) is 0 Å². The fourth-order valence-corrected chi connectivity index (χ4v) is 3.20. The van der Waals surface area contributed by atoms with E-state index >= 15 is 0 Å². The van der Waals surface area contributed by atoms with Crippen LogP contribution in [0.1, 0.15) is 22.0 Å². The van der Waals surface area contributed by atoms with Crippen LogP contribution in [0.2, 0.25) is 0 Å². The summed E-state index contributed by atoms with van der Waals surface area (Å²) in [5.74, 6) is -0.538. The van der Waals surface area contributed by atoms with Gasteiger partial charge in [0.05, 0.1) is 19.3 Å². The average molecular weight is 416 g/mol. The molecule has 0 unspecified atom stereocenters. The van der Waals surface area contributed by atoms with Crippen molar-refractivity contribution >= 4 is 29.5 Å². The van der Waals surface area contributed by atoms with E-state index in [2.05, 4.69) is 15.7 Å². The number of nitrogens with zero attached hydrogens (tertiary/aromatic N) is 2. The summed E-state index contributed by atoms with van der Waals surface area (Å²) in [6.45, 7) is 0. The number of carboxylic acids is 1. The minimum atomic E-state index is -1.12. The van der Waals surface area contributed by atoms with E-state index in [0.717, 1.165) is 5.56 Å². The third kappa shape index (κ3) is 4.32. The first-order valence-electron chi connectivity index (χ1n) is 9.53. The molecule has 0 spiro atoms. The molecule has 4 rings (SSSR count). The fraction of sp³-hybridized carbons (Fsp3) is 0.0870. The van der Waals surface area contributed by atoms with Gasteiger partial charge in [0.2, 0.25) is 0 Å². The van der Waals surface area contributed by atoms with Crippen molar-refractivity contribution in [2.24, 2.45) is 0 Å². The summed E-state index contributed by atoms with van der Waals surface area (Å²) in [6.07, 6.45) is 6.69. The lowest BCUT2D eigenvalue weighted by Crippen LogP contribution is -2.24. The maximum Gasteiger partial charge on any atom is 0.352 e. The van der Waals surface area contributed by atoms with Gasteiger partial charge in [-0.1, -0.05) is 42.5 Å². The molecule has 0 bridgehead atoms. The number of carboxylic acid groups (broad SMARTS) is 1. The van der Waals surface area contributed by atoms with Gasteiger partial charge >= 0.3 is 5.97 Å². The molecule has 0 radical (unpaired) electrons.